The number of hydrogen-bond donors (Lipinski definition) is 1. The highest BCUT2D eigenvalue weighted by molar-refractivity contribution is 9.10. The molecule has 30 heavy (non-hydrogen) atoms. The molecule has 0 unspecified atom stereocenters. The van der Waals surface area contributed by atoms with Gasteiger partial charge in [-0.2, -0.15) is 0 Å². The van der Waals surface area contributed by atoms with E-state index >= 15 is 0 Å². The van der Waals surface area contributed by atoms with E-state index in [9.17, 15) is 9.59 Å². The van der Waals surface area contributed by atoms with Crippen LogP contribution in [0, 0.1) is 0 Å². The van der Waals surface area contributed by atoms with E-state index in [1.165, 1.54) is 4.90 Å². The molecule has 2 aromatic rings. The summed E-state index contributed by atoms with van der Waals surface area (Å²) < 4.78 is 6.43. The molecule has 1 atom stereocenters. The van der Waals surface area contributed by atoms with Gasteiger partial charge in [0.1, 0.15) is 11.8 Å². The van der Waals surface area contributed by atoms with Gasteiger partial charge in [0.05, 0.1) is 15.1 Å². The number of ether oxygens (including phenoxy) is 1. The number of likely N-dealkylation sites (N-methyl/N-ethyl adjacent to an activating group) is 1. The molecule has 0 fully saturated rings. The lowest BCUT2D eigenvalue weighted by molar-refractivity contribution is -0.142. The molecule has 0 spiro atoms. The lowest BCUT2D eigenvalue weighted by Crippen LogP contribution is -2.50. The molecular weight excluding hydrogens is 515 g/mol. The van der Waals surface area contributed by atoms with Crippen molar-refractivity contribution in [3.63, 3.8) is 0 Å². The van der Waals surface area contributed by atoms with E-state index in [1.54, 1.807) is 36.4 Å². The molecule has 5 nitrogen and oxygen atoms in total. The van der Waals surface area contributed by atoms with Crippen LogP contribution >= 0.6 is 50.7 Å². The molecule has 0 saturated carbocycles. The maximum atomic E-state index is 13.1. The Morgan fingerprint density at radius 3 is 2.40 bits per heavy atom. The summed E-state index contributed by atoms with van der Waals surface area (Å²) >= 11 is 21.6. The third-order valence-electron chi connectivity index (χ3n) is 4.32. The summed E-state index contributed by atoms with van der Waals surface area (Å²) in [6.45, 7) is 4.06. The number of halogens is 4. The van der Waals surface area contributed by atoms with Crippen LogP contribution in [0.25, 0.3) is 0 Å². The van der Waals surface area contributed by atoms with Crippen molar-refractivity contribution in [1.82, 2.24) is 10.2 Å². The average Bonchev–Trinajstić information content (AvgIpc) is 2.70. The maximum absolute atomic E-state index is 13.1. The smallest absolute Gasteiger partial charge is 0.261 e. The number of rotatable bonds is 9. The van der Waals surface area contributed by atoms with Gasteiger partial charge in [0.25, 0.3) is 5.91 Å². The molecule has 2 amide bonds. The number of carbonyl (C=O) groups excluding carboxylic acids is 2. The first-order chi connectivity index (χ1) is 14.3. The molecule has 0 saturated heterocycles. The molecule has 2 rings (SSSR count). The molecule has 162 valence electrons. The van der Waals surface area contributed by atoms with Crippen LogP contribution < -0.4 is 10.1 Å². The molecule has 0 heterocycles. The first kappa shape index (κ1) is 24.8. The number of nitrogens with one attached hydrogen (secondary N) is 1. The minimum atomic E-state index is -0.657. The van der Waals surface area contributed by atoms with E-state index in [0.717, 1.165) is 10.0 Å². The van der Waals surface area contributed by atoms with Gasteiger partial charge < -0.3 is 15.0 Å². The van der Waals surface area contributed by atoms with Gasteiger partial charge in [-0.05, 0) is 49.2 Å². The fourth-order valence-electron chi connectivity index (χ4n) is 2.86. The van der Waals surface area contributed by atoms with E-state index < -0.39 is 6.04 Å². The Labute approximate surface area is 199 Å². The zero-order valence-corrected chi connectivity index (χ0v) is 20.4. The van der Waals surface area contributed by atoms with E-state index in [-0.39, 0.29) is 25.0 Å². The Bertz CT molecular complexity index is 911. The van der Waals surface area contributed by atoms with Gasteiger partial charge in [0.15, 0.2) is 6.61 Å². The molecule has 0 aromatic heterocycles. The summed E-state index contributed by atoms with van der Waals surface area (Å²) in [6.07, 6.45) is 0.442. The Hall–Kier alpha value is -1.47. The van der Waals surface area contributed by atoms with Gasteiger partial charge in [-0.25, -0.2) is 0 Å². The zero-order chi connectivity index (χ0) is 22.3. The SMILES string of the molecule is CCNC(=O)[C@@H](CC)N(Cc1ccc(Cl)c(Cl)c1)C(=O)COc1ccc(Br)cc1Cl. The summed E-state index contributed by atoms with van der Waals surface area (Å²) in [5.74, 6) is -0.193. The highest BCUT2D eigenvalue weighted by Crippen LogP contribution is 2.28. The van der Waals surface area contributed by atoms with E-state index in [0.29, 0.717) is 33.8 Å². The predicted octanol–water partition coefficient (Wildman–Crippen LogP) is 5.73. The van der Waals surface area contributed by atoms with Crippen LogP contribution in [0.15, 0.2) is 40.9 Å². The molecule has 0 radical (unpaired) electrons. The number of nitrogens with zero attached hydrogens (tertiary/aromatic N) is 1. The van der Waals surface area contributed by atoms with Crippen molar-refractivity contribution < 1.29 is 14.3 Å². The van der Waals surface area contributed by atoms with E-state index in [2.05, 4.69) is 21.2 Å². The summed E-state index contributed by atoms with van der Waals surface area (Å²) in [5, 5.41) is 3.96. The van der Waals surface area contributed by atoms with Gasteiger partial charge in [-0.15, -0.1) is 0 Å². The number of amides is 2. The summed E-state index contributed by atoms with van der Waals surface area (Å²) in [4.78, 5) is 27.1. The van der Waals surface area contributed by atoms with E-state index in [1.807, 2.05) is 13.8 Å². The van der Waals surface area contributed by atoms with Crippen LogP contribution in [-0.4, -0.2) is 35.9 Å². The molecule has 0 aliphatic rings. The van der Waals surface area contributed by atoms with Crippen LogP contribution in [0.4, 0.5) is 0 Å². The van der Waals surface area contributed by atoms with Crippen LogP contribution in [-0.2, 0) is 16.1 Å². The molecule has 2 aromatic carbocycles. The minimum Gasteiger partial charge on any atom is -0.482 e. The van der Waals surface area contributed by atoms with Gasteiger partial charge in [-0.3, -0.25) is 9.59 Å². The Kier molecular flexibility index (Phi) is 9.75. The highest BCUT2D eigenvalue weighted by atomic mass is 79.9. The van der Waals surface area contributed by atoms with Crippen LogP contribution in [0.3, 0.4) is 0 Å². The Morgan fingerprint density at radius 1 is 1.07 bits per heavy atom. The first-order valence-electron chi connectivity index (χ1n) is 9.35. The topological polar surface area (TPSA) is 58.6 Å². The van der Waals surface area contributed by atoms with Crippen LogP contribution in [0.2, 0.25) is 15.1 Å². The third kappa shape index (κ3) is 6.77. The Morgan fingerprint density at radius 2 is 1.80 bits per heavy atom. The van der Waals surface area contributed by atoms with Crippen LogP contribution in [0.5, 0.6) is 5.75 Å². The molecule has 9 heteroatoms. The molecule has 0 aliphatic carbocycles. The predicted molar refractivity (Wildman–Crippen MR) is 124 cm³/mol. The Balaban J connectivity index is 2.24. The molecular formula is C21H22BrCl3N2O3. The van der Waals surface area contributed by atoms with Crippen molar-refractivity contribution in [2.75, 3.05) is 13.2 Å². The maximum Gasteiger partial charge on any atom is 0.261 e. The second-order valence-corrected chi connectivity index (χ2v) is 8.59. The third-order valence-corrected chi connectivity index (χ3v) is 5.85. The lowest BCUT2D eigenvalue weighted by Gasteiger charge is -2.30. The normalized spacial score (nSPS) is 11.7. The lowest BCUT2D eigenvalue weighted by atomic mass is 10.1. The zero-order valence-electron chi connectivity index (χ0n) is 16.6. The molecule has 0 bridgehead atoms. The van der Waals surface area contributed by atoms with Crippen molar-refractivity contribution >= 4 is 62.5 Å². The van der Waals surface area contributed by atoms with Crippen molar-refractivity contribution in [3.8, 4) is 5.75 Å². The van der Waals surface area contributed by atoms with Crippen molar-refractivity contribution in [2.24, 2.45) is 0 Å². The monoisotopic (exact) mass is 534 g/mol. The summed E-state index contributed by atoms with van der Waals surface area (Å²) in [5.41, 5.74) is 0.752. The highest BCUT2D eigenvalue weighted by Gasteiger charge is 2.29. The molecule has 0 aliphatic heterocycles. The van der Waals surface area contributed by atoms with Crippen molar-refractivity contribution in [3.05, 3.63) is 61.5 Å². The second-order valence-electron chi connectivity index (χ2n) is 6.45. The largest absolute Gasteiger partial charge is 0.482 e. The number of benzene rings is 2. The minimum absolute atomic E-state index is 0.183. The fourth-order valence-corrected chi connectivity index (χ4v) is 3.91. The van der Waals surface area contributed by atoms with Gasteiger partial charge in [-0.1, -0.05) is 63.7 Å². The number of carbonyl (C=O) groups is 2. The summed E-state index contributed by atoms with van der Waals surface area (Å²) in [7, 11) is 0. The molecule has 1 N–H and O–H groups in total. The summed E-state index contributed by atoms with van der Waals surface area (Å²) in [6, 6.07) is 9.57. The van der Waals surface area contributed by atoms with E-state index in [4.69, 9.17) is 39.5 Å². The van der Waals surface area contributed by atoms with Crippen molar-refractivity contribution in [1.29, 1.82) is 0 Å². The standard InChI is InChI=1S/C21H22BrCl3N2O3/c1-3-18(21(29)26-4-2)27(11-13-5-7-15(23)16(24)9-13)20(28)12-30-19-8-6-14(22)10-17(19)25/h5-10,18H,3-4,11-12H2,1-2H3,(H,26,29)/t18-/m1/s1. The van der Waals surface area contributed by atoms with Gasteiger partial charge in [0, 0.05) is 17.6 Å². The van der Waals surface area contributed by atoms with Gasteiger partial charge in [0.2, 0.25) is 5.91 Å². The fraction of sp³-hybridized carbons (Fsp3) is 0.333. The van der Waals surface area contributed by atoms with Crippen molar-refractivity contribution in [2.45, 2.75) is 32.9 Å². The van der Waals surface area contributed by atoms with Gasteiger partial charge >= 0.3 is 0 Å². The average molecular weight is 537 g/mol. The number of hydrogen-bond acceptors (Lipinski definition) is 3. The quantitative estimate of drug-likeness (QED) is 0.445. The first-order valence-corrected chi connectivity index (χ1v) is 11.3. The van der Waals surface area contributed by atoms with Crippen LogP contribution in [0.1, 0.15) is 25.8 Å². The second kappa shape index (κ2) is 11.8.